The van der Waals surface area contributed by atoms with Crippen molar-refractivity contribution in [3.63, 3.8) is 0 Å². The summed E-state index contributed by atoms with van der Waals surface area (Å²) in [5, 5.41) is 0. The number of carbonyl (C=O) groups is 2. The number of carbonyl (C=O) groups excluding carboxylic acids is 2. The molecule has 0 unspecified atom stereocenters. The van der Waals surface area contributed by atoms with Gasteiger partial charge in [-0.2, -0.15) is 0 Å². The smallest absolute Gasteiger partial charge is 0.340 e. The molecule has 1 aromatic carbocycles. The van der Waals surface area contributed by atoms with Crippen molar-refractivity contribution in [2.24, 2.45) is 0 Å². The molecule has 0 radical (unpaired) electrons. The van der Waals surface area contributed by atoms with Gasteiger partial charge in [-0.25, -0.2) is 13.2 Å². The van der Waals surface area contributed by atoms with Crippen LogP contribution in [0.15, 0.2) is 22.4 Å². The molecule has 1 amide bonds. The third-order valence-electron chi connectivity index (χ3n) is 5.16. The van der Waals surface area contributed by atoms with Crippen molar-refractivity contribution in [2.75, 3.05) is 18.4 Å². The highest BCUT2D eigenvalue weighted by Gasteiger charge is 2.35. The third kappa shape index (κ3) is 4.02. The lowest BCUT2D eigenvalue weighted by Gasteiger charge is -2.26. The monoisotopic (exact) mass is 436 g/mol. The number of anilines is 1. The number of thiophene rings is 1. The summed E-state index contributed by atoms with van der Waals surface area (Å²) in [6.45, 7) is 6.27. The first-order chi connectivity index (χ1) is 13.7. The standard InChI is InChI=1S/C20H24N2O5S2/c1-5-17(23)22-10-9-14-16(11-22)28-20(18(14)19(24)27-4)29(25,26)21-15-8-6-7-12(2)13(15)3/h6-8,21H,5,9-11H2,1-4H3. The Bertz CT molecular complexity index is 1070. The minimum Gasteiger partial charge on any atom is -0.465 e. The molecule has 1 aliphatic rings. The lowest BCUT2D eigenvalue weighted by atomic mass is 10.0. The summed E-state index contributed by atoms with van der Waals surface area (Å²) in [7, 11) is -2.78. The second-order valence-corrected chi connectivity index (χ2v) is 9.91. The van der Waals surface area contributed by atoms with E-state index in [1.807, 2.05) is 19.9 Å². The van der Waals surface area contributed by atoms with Crippen LogP contribution in [0.25, 0.3) is 0 Å². The Morgan fingerprint density at radius 1 is 1.28 bits per heavy atom. The van der Waals surface area contributed by atoms with Crippen LogP contribution in [0.4, 0.5) is 5.69 Å². The van der Waals surface area contributed by atoms with Crippen molar-refractivity contribution < 1.29 is 22.7 Å². The van der Waals surface area contributed by atoms with Gasteiger partial charge in [0.1, 0.15) is 0 Å². The largest absolute Gasteiger partial charge is 0.465 e. The second-order valence-electron chi connectivity index (χ2n) is 6.93. The normalized spacial score (nSPS) is 13.7. The predicted octanol–water partition coefficient (Wildman–Crippen LogP) is 3.25. The predicted molar refractivity (Wildman–Crippen MR) is 112 cm³/mol. The number of rotatable bonds is 5. The highest BCUT2D eigenvalue weighted by atomic mass is 32.2. The molecule has 9 heteroatoms. The molecule has 2 aromatic rings. The van der Waals surface area contributed by atoms with Gasteiger partial charge >= 0.3 is 5.97 Å². The molecule has 7 nitrogen and oxygen atoms in total. The lowest BCUT2D eigenvalue weighted by molar-refractivity contribution is -0.131. The van der Waals surface area contributed by atoms with Crippen molar-refractivity contribution in [1.82, 2.24) is 4.90 Å². The average Bonchev–Trinajstić information content (AvgIpc) is 3.09. The van der Waals surface area contributed by atoms with Crippen LogP contribution in [0, 0.1) is 13.8 Å². The number of esters is 1. The van der Waals surface area contributed by atoms with Crippen LogP contribution in [-0.4, -0.2) is 38.8 Å². The van der Waals surface area contributed by atoms with E-state index in [2.05, 4.69) is 4.72 Å². The topological polar surface area (TPSA) is 92.8 Å². The molecule has 0 spiro atoms. The van der Waals surface area contributed by atoms with Crippen LogP contribution >= 0.6 is 11.3 Å². The molecule has 0 saturated heterocycles. The van der Waals surface area contributed by atoms with Crippen molar-refractivity contribution in [3.8, 4) is 0 Å². The fraction of sp³-hybridized carbons (Fsp3) is 0.400. The number of nitrogens with zero attached hydrogens (tertiary/aromatic N) is 1. The van der Waals surface area contributed by atoms with E-state index in [-0.39, 0.29) is 15.7 Å². The number of amides is 1. The zero-order valence-corrected chi connectivity index (χ0v) is 18.5. The number of sulfonamides is 1. The number of fused-ring (bicyclic) bond motifs is 1. The van der Waals surface area contributed by atoms with E-state index >= 15 is 0 Å². The molecule has 0 atom stereocenters. The maximum atomic E-state index is 13.2. The summed E-state index contributed by atoms with van der Waals surface area (Å²) in [5.41, 5.74) is 2.97. The number of nitrogens with one attached hydrogen (secondary N) is 1. The van der Waals surface area contributed by atoms with E-state index in [1.165, 1.54) is 7.11 Å². The molecular formula is C20H24N2O5S2. The molecule has 1 aliphatic heterocycles. The van der Waals surface area contributed by atoms with Gasteiger partial charge in [0.25, 0.3) is 10.0 Å². The number of ether oxygens (including phenoxy) is 1. The molecule has 156 valence electrons. The summed E-state index contributed by atoms with van der Waals surface area (Å²) < 4.78 is 33.8. The quantitative estimate of drug-likeness (QED) is 0.727. The van der Waals surface area contributed by atoms with Gasteiger partial charge in [-0.3, -0.25) is 9.52 Å². The number of hydrogen-bond donors (Lipinski definition) is 1. The summed E-state index contributed by atoms with van der Waals surface area (Å²) in [6.07, 6.45) is 0.797. The zero-order chi connectivity index (χ0) is 21.3. The van der Waals surface area contributed by atoms with Crippen LogP contribution in [-0.2, 0) is 32.5 Å². The molecule has 29 heavy (non-hydrogen) atoms. The van der Waals surface area contributed by atoms with Crippen LogP contribution in [0.1, 0.15) is 45.3 Å². The van der Waals surface area contributed by atoms with Gasteiger partial charge in [-0.1, -0.05) is 19.1 Å². The maximum Gasteiger partial charge on any atom is 0.340 e. The van der Waals surface area contributed by atoms with E-state index in [4.69, 9.17) is 4.74 Å². The van der Waals surface area contributed by atoms with E-state index in [9.17, 15) is 18.0 Å². The fourth-order valence-corrected chi connectivity index (χ4v) is 6.39. The zero-order valence-electron chi connectivity index (χ0n) is 16.9. The first-order valence-corrected chi connectivity index (χ1v) is 11.6. The van der Waals surface area contributed by atoms with E-state index < -0.39 is 16.0 Å². The van der Waals surface area contributed by atoms with Crippen LogP contribution in [0.2, 0.25) is 0 Å². The van der Waals surface area contributed by atoms with Crippen molar-refractivity contribution in [2.45, 2.75) is 44.4 Å². The van der Waals surface area contributed by atoms with Gasteiger partial charge in [-0.05, 0) is 43.0 Å². The Morgan fingerprint density at radius 3 is 2.66 bits per heavy atom. The highest BCUT2D eigenvalue weighted by molar-refractivity contribution is 7.94. The van der Waals surface area contributed by atoms with Gasteiger partial charge in [-0.15, -0.1) is 11.3 Å². The molecule has 0 fully saturated rings. The number of benzene rings is 1. The molecule has 3 rings (SSSR count). The van der Waals surface area contributed by atoms with Crippen molar-refractivity contribution >= 4 is 38.9 Å². The van der Waals surface area contributed by atoms with Gasteiger partial charge in [0.05, 0.1) is 24.9 Å². The van der Waals surface area contributed by atoms with E-state index in [0.29, 0.717) is 42.1 Å². The Hall–Kier alpha value is -2.39. The lowest BCUT2D eigenvalue weighted by Crippen LogP contribution is -2.35. The van der Waals surface area contributed by atoms with Crippen LogP contribution < -0.4 is 4.72 Å². The third-order valence-corrected chi connectivity index (χ3v) is 8.26. The Balaban J connectivity index is 2.06. The first-order valence-electron chi connectivity index (χ1n) is 9.29. The van der Waals surface area contributed by atoms with E-state index in [1.54, 1.807) is 24.0 Å². The van der Waals surface area contributed by atoms with Gasteiger partial charge in [0, 0.05) is 17.8 Å². The average molecular weight is 437 g/mol. The molecule has 0 saturated carbocycles. The molecular weight excluding hydrogens is 412 g/mol. The van der Waals surface area contributed by atoms with Gasteiger partial charge < -0.3 is 9.64 Å². The van der Waals surface area contributed by atoms with Crippen molar-refractivity contribution in [1.29, 1.82) is 0 Å². The Labute approximate surface area is 174 Å². The molecule has 0 aliphatic carbocycles. The molecule has 2 heterocycles. The first kappa shape index (κ1) is 21.3. The fourth-order valence-electron chi connectivity index (χ4n) is 3.37. The Morgan fingerprint density at radius 2 is 2.00 bits per heavy atom. The van der Waals surface area contributed by atoms with Crippen molar-refractivity contribution in [3.05, 3.63) is 45.3 Å². The van der Waals surface area contributed by atoms with Gasteiger partial charge in [0.2, 0.25) is 5.91 Å². The minimum absolute atomic E-state index is 0.00147. The SMILES string of the molecule is CCC(=O)N1CCc2c(sc(S(=O)(=O)Nc3cccc(C)c3C)c2C(=O)OC)C1. The molecule has 1 N–H and O–H groups in total. The molecule has 0 bridgehead atoms. The van der Waals surface area contributed by atoms with E-state index in [0.717, 1.165) is 22.5 Å². The summed E-state index contributed by atoms with van der Waals surface area (Å²) in [6, 6.07) is 5.36. The summed E-state index contributed by atoms with van der Waals surface area (Å²) in [5.74, 6) is -0.680. The summed E-state index contributed by atoms with van der Waals surface area (Å²) in [4.78, 5) is 26.9. The van der Waals surface area contributed by atoms with Crippen LogP contribution in [0.5, 0.6) is 0 Å². The Kier molecular flexibility index (Phi) is 6.00. The second kappa shape index (κ2) is 8.16. The van der Waals surface area contributed by atoms with Crippen LogP contribution in [0.3, 0.4) is 0 Å². The number of aryl methyl sites for hydroxylation is 1. The summed E-state index contributed by atoms with van der Waals surface area (Å²) >= 11 is 1.03. The molecule has 1 aromatic heterocycles. The number of methoxy groups -OCH3 is 1. The number of hydrogen-bond acceptors (Lipinski definition) is 6. The highest BCUT2D eigenvalue weighted by Crippen LogP contribution is 2.38. The van der Waals surface area contributed by atoms with Gasteiger partial charge in [0.15, 0.2) is 4.21 Å². The maximum absolute atomic E-state index is 13.2. The minimum atomic E-state index is -4.01.